The molecule has 1 aliphatic heterocycles. The van der Waals surface area contributed by atoms with Crippen molar-refractivity contribution in [2.45, 2.75) is 51.0 Å². The quantitative estimate of drug-likeness (QED) is 0.335. The highest BCUT2D eigenvalue weighted by molar-refractivity contribution is 5.91. The third-order valence-corrected chi connectivity index (χ3v) is 5.51. The third kappa shape index (κ3) is 9.19. The van der Waals surface area contributed by atoms with Gasteiger partial charge in [-0.1, -0.05) is 18.9 Å². The van der Waals surface area contributed by atoms with Crippen LogP contribution in [-0.4, -0.2) is 64.0 Å². The Balaban J connectivity index is 1.58. The Hall–Kier alpha value is -2.25. The first-order chi connectivity index (χ1) is 15.2. The average Bonchev–Trinajstić information content (AvgIpc) is 2.80. The first-order valence-electron chi connectivity index (χ1n) is 11.4. The number of likely N-dealkylation sites (tertiary alicyclic amines) is 1. The fraction of sp³-hybridized carbons (Fsp3) is 0.625. The van der Waals surface area contributed by atoms with Gasteiger partial charge in [-0.25, -0.2) is 4.79 Å². The van der Waals surface area contributed by atoms with E-state index in [1.54, 1.807) is 32.4 Å². The molecule has 0 unspecified atom stereocenters. The van der Waals surface area contributed by atoms with Crippen LogP contribution >= 0.6 is 0 Å². The maximum absolute atomic E-state index is 12.6. The number of hydrogen-bond acceptors (Lipinski definition) is 5. The summed E-state index contributed by atoms with van der Waals surface area (Å²) in [5.74, 6) is 1.27. The minimum absolute atomic E-state index is 0.108. The fourth-order valence-electron chi connectivity index (χ4n) is 3.61. The SMILES string of the molecule is C=CCCNCCCCCCOC1CCN(C(=O)Nc2ccc(OC)cc2OC)CC1. The molecule has 1 fully saturated rings. The van der Waals surface area contributed by atoms with Gasteiger partial charge in [-0.15, -0.1) is 6.58 Å². The Morgan fingerprint density at radius 1 is 1.13 bits per heavy atom. The highest BCUT2D eigenvalue weighted by Crippen LogP contribution is 2.29. The Morgan fingerprint density at radius 3 is 2.61 bits per heavy atom. The molecule has 0 atom stereocenters. The molecule has 0 aliphatic carbocycles. The molecule has 0 bridgehead atoms. The van der Waals surface area contributed by atoms with Gasteiger partial charge >= 0.3 is 6.03 Å². The van der Waals surface area contributed by atoms with Gasteiger partial charge in [-0.05, 0) is 57.3 Å². The molecule has 7 nitrogen and oxygen atoms in total. The summed E-state index contributed by atoms with van der Waals surface area (Å²) in [4.78, 5) is 14.5. The first kappa shape index (κ1) is 25.0. The number of rotatable bonds is 14. The van der Waals surface area contributed by atoms with Crippen LogP contribution in [0.3, 0.4) is 0 Å². The molecule has 2 rings (SSSR count). The topological polar surface area (TPSA) is 72.1 Å². The third-order valence-electron chi connectivity index (χ3n) is 5.51. The van der Waals surface area contributed by atoms with E-state index in [9.17, 15) is 4.79 Å². The number of benzene rings is 1. The van der Waals surface area contributed by atoms with Crippen molar-refractivity contribution in [1.82, 2.24) is 10.2 Å². The molecular weight excluding hydrogens is 394 g/mol. The monoisotopic (exact) mass is 433 g/mol. The van der Waals surface area contributed by atoms with Gasteiger partial charge in [0.05, 0.1) is 26.0 Å². The van der Waals surface area contributed by atoms with Crippen LogP contribution in [0.1, 0.15) is 44.9 Å². The molecule has 1 aliphatic rings. The summed E-state index contributed by atoms with van der Waals surface area (Å²) in [6, 6.07) is 5.25. The van der Waals surface area contributed by atoms with Crippen LogP contribution in [0.5, 0.6) is 11.5 Å². The molecule has 2 N–H and O–H groups in total. The molecule has 0 spiro atoms. The van der Waals surface area contributed by atoms with E-state index in [2.05, 4.69) is 17.2 Å². The lowest BCUT2D eigenvalue weighted by atomic mass is 10.1. The largest absolute Gasteiger partial charge is 0.497 e. The Kier molecular flexibility index (Phi) is 11.9. The zero-order valence-electron chi connectivity index (χ0n) is 19.2. The van der Waals surface area contributed by atoms with Crippen LogP contribution < -0.4 is 20.1 Å². The molecule has 2 amide bonds. The molecule has 31 heavy (non-hydrogen) atoms. The van der Waals surface area contributed by atoms with Crippen molar-refractivity contribution in [2.75, 3.05) is 52.3 Å². The Morgan fingerprint density at radius 2 is 1.90 bits per heavy atom. The molecule has 1 heterocycles. The van der Waals surface area contributed by atoms with Gasteiger partial charge in [-0.2, -0.15) is 0 Å². The van der Waals surface area contributed by atoms with E-state index >= 15 is 0 Å². The summed E-state index contributed by atoms with van der Waals surface area (Å²) in [5, 5.41) is 6.36. The fourth-order valence-corrected chi connectivity index (χ4v) is 3.61. The van der Waals surface area contributed by atoms with E-state index in [4.69, 9.17) is 14.2 Å². The Labute approximate surface area is 187 Å². The van der Waals surface area contributed by atoms with Crippen molar-refractivity contribution in [2.24, 2.45) is 0 Å². The maximum Gasteiger partial charge on any atom is 0.321 e. The maximum atomic E-state index is 12.6. The first-order valence-corrected chi connectivity index (χ1v) is 11.4. The summed E-state index contributed by atoms with van der Waals surface area (Å²) in [6.45, 7) is 8.04. The van der Waals surface area contributed by atoms with Crippen molar-refractivity contribution < 1.29 is 19.0 Å². The van der Waals surface area contributed by atoms with Gasteiger partial charge in [0, 0.05) is 25.8 Å². The lowest BCUT2D eigenvalue weighted by Gasteiger charge is -2.32. The molecule has 7 heteroatoms. The van der Waals surface area contributed by atoms with Gasteiger partial charge in [0.2, 0.25) is 0 Å². The summed E-state index contributed by atoms with van der Waals surface area (Å²) in [7, 11) is 3.18. The number of nitrogens with one attached hydrogen (secondary N) is 2. The van der Waals surface area contributed by atoms with E-state index < -0.39 is 0 Å². The number of hydrogen-bond donors (Lipinski definition) is 2. The van der Waals surface area contributed by atoms with E-state index in [-0.39, 0.29) is 12.1 Å². The molecule has 1 saturated heterocycles. The van der Waals surface area contributed by atoms with E-state index in [0.717, 1.165) is 45.4 Å². The molecule has 1 aromatic rings. The second-order valence-corrected chi connectivity index (χ2v) is 7.80. The van der Waals surface area contributed by atoms with E-state index in [1.807, 2.05) is 11.0 Å². The molecule has 174 valence electrons. The number of carbonyl (C=O) groups is 1. The van der Waals surface area contributed by atoms with Crippen LogP contribution in [0.15, 0.2) is 30.9 Å². The van der Waals surface area contributed by atoms with Gasteiger partial charge in [0.15, 0.2) is 0 Å². The highest BCUT2D eigenvalue weighted by Gasteiger charge is 2.23. The second-order valence-electron chi connectivity index (χ2n) is 7.80. The Bertz CT molecular complexity index is 660. The van der Waals surface area contributed by atoms with Gasteiger partial charge in [-0.3, -0.25) is 0 Å². The van der Waals surface area contributed by atoms with Crippen LogP contribution in [0, 0.1) is 0 Å². The number of unbranched alkanes of at least 4 members (excludes halogenated alkanes) is 3. The summed E-state index contributed by atoms with van der Waals surface area (Å²) in [5.41, 5.74) is 0.641. The van der Waals surface area contributed by atoms with Gasteiger partial charge in [0.25, 0.3) is 0 Å². The number of anilines is 1. The highest BCUT2D eigenvalue weighted by atomic mass is 16.5. The number of piperidine rings is 1. The second kappa shape index (κ2) is 14.7. The van der Waals surface area contributed by atoms with E-state index in [0.29, 0.717) is 30.3 Å². The average molecular weight is 434 g/mol. The number of nitrogens with zero attached hydrogens (tertiary/aromatic N) is 1. The van der Waals surface area contributed by atoms with E-state index in [1.165, 1.54) is 19.3 Å². The number of carbonyl (C=O) groups excluding carboxylic acids is 1. The normalized spacial score (nSPS) is 14.3. The van der Waals surface area contributed by atoms with Crippen molar-refractivity contribution in [1.29, 1.82) is 0 Å². The number of ether oxygens (including phenoxy) is 3. The predicted octanol–water partition coefficient (Wildman–Crippen LogP) is 4.44. The smallest absolute Gasteiger partial charge is 0.321 e. The van der Waals surface area contributed by atoms with Crippen molar-refractivity contribution >= 4 is 11.7 Å². The van der Waals surface area contributed by atoms with Gasteiger partial charge in [0.1, 0.15) is 11.5 Å². The zero-order chi connectivity index (χ0) is 22.3. The van der Waals surface area contributed by atoms with Crippen LogP contribution in [-0.2, 0) is 4.74 Å². The molecule has 1 aromatic carbocycles. The minimum atomic E-state index is -0.108. The lowest BCUT2D eigenvalue weighted by Crippen LogP contribution is -2.43. The summed E-state index contributed by atoms with van der Waals surface area (Å²) < 4.78 is 16.6. The lowest BCUT2D eigenvalue weighted by molar-refractivity contribution is 0.0141. The van der Waals surface area contributed by atoms with Crippen LogP contribution in [0.25, 0.3) is 0 Å². The standard InChI is InChI=1S/C24H39N3O4/c1-4-5-14-25-15-8-6-7-9-18-31-20-12-16-27(17-13-20)24(28)26-22-11-10-21(29-2)19-23(22)30-3/h4,10-11,19-20,25H,1,5-9,12-18H2,2-3H3,(H,26,28). The van der Waals surface area contributed by atoms with Crippen LogP contribution in [0.2, 0.25) is 0 Å². The molecule has 0 radical (unpaired) electrons. The molecular formula is C24H39N3O4. The number of methoxy groups -OCH3 is 2. The molecule has 0 saturated carbocycles. The zero-order valence-corrected chi connectivity index (χ0v) is 19.2. The van der Waals surface area contributed by atoms with Crippen molar-refractivity contribution in [3.63, 3.8) is 0 Å². The van der Waals surface area contributed by atoms with Crippen molar-refractivity contribution in [3.8, 4) is 11.5 Å². The van der Waals surface area contributed by atoms with Crippen molar-refractivity contribution in [3.05, 3.63) is 30.9 Å². The predicted molar refractivity (Wildman–Crippen MR) is 125 cm³/mol. The number of amides is 2. The van der Waals surface area contributed by atoms with Crippen LogP contribution in [0.4, 0.5) is 10.5 Å². The number of urea groups is 1. The minimum Gasteiger partial charge on any atom is -0.497 e. The van der Waals surface area contributed by atoms with Gasteiger partial charge < -0.3 is 29.7 Å². The summed E-state index contributed by atoms with van der Waals surface area (Å²) >= 11 is 0. The molecule has 0 aromatic heterocycles. The summed E-state index contributed by atoms with van der Waals surface area (Å²) in [6.07, 6.45) is 9.73.